The molecule has 0 unspecified atom stereocenters. The van der Waals surface area contributed by atoms with Crippen LogP contribution >= 0.6 is 11.8 Å². The number of nitrogens with zero attached hydrogens (tertiary/aromatic N) is 7. The van der Waals surface area contributed by atoms with Crippen molar-refractivity contribution in [1.29, 1.82) is 5.41 Å². The minimum atomic E-state index is -0.258. The Bertz CT molecular complexity index is 1490. The van der Waals surface area contributed by atoms with Gasteiger partial charge in [0.1, 0.15) is 12.2 Å². The highest BCUT2D eigenvalue weighted by atomic mass is 32.2. The van der Waals surface area contributed by atoms with Crippen molar-refractivity contribution in [3.05, 3.63) is 72.8 Å². The van der Waals surface area contributed by atoms with Crippen molar-refractivity contribution in [2.75, 3.05) is 50.8 Å². The van der Waals surface area contributed by atoms with Crippen LogP contribution in [-0.2, 0) is 11.3 Å². The monoisotopic (exact) mass is 574 g/mol. The van der Waals surface area contributed by atoms with Crippen molar-refractivity contribution in [3.8, 4) is 11.1 Å². The number of hydrogen-bond acceptors (Lipinski definition) is 8. The van der Waals surface area contributed by atoms with Crippen molar-refractivity contribution in [3.63, 3.8) is 0 Å². The first-order chi connectivity index (χ1) is 20.2. The summed E-state index contributed by atoms with van der Waals surface area (Å²) in [5, 5.41) is 15.5. The first-order valence-electron chi connectivity index (χ1n) is 13.5. The topological polar surface area (TPSA) is 123 Å². The fourth-order valence-electron chi connectivity index (χ4n) is 4.93. The van der Waals surface area contributed by atoms with E-state index in [0.717, 1.165) is 53.6 Å². The van der Waals surface area contributed by atoms with Gasteiger partial charge in [0.05, 0.1) is 31.1 Å². The van der Waals surface area contributed by atoms with Crippen molar-refractivity contribution in [2.45, 2.75) is 22.4 Å². The lowest BCUT2D eigenvalue weighted by Gasteiger charge is -2.36. The number of rotatable bonds is 8. The Morgan fingerprint density at radius 2 is 1.98 bits per heavy atom. The van der Waals surface area contributed by atoms with Gasteiger partial charge in [0.2, 0.25) is 5.95 Å². The summed E-state index contributed by atoms with van der Waals surface area (Å²) in [6, 6.07) is 8.72. The summed E-state index contributed by atoms with van der Waals surface area (Å²) in [6.07, 6.45) is 10.5. The SMILES string of the molecule is N=C/N=C(\c1cc(-c2cnn(C[C@@H]3CNCCO3)c2)c[nH]1)N1CCN(c2ncc(Sc3ccccc3F)cn2)CC1. The number of morpholine rings is 1. The van der Waals surface area contributed by atoms with Crippen LogP contribution < -0.4 is 10.2 Å². The van der Waals surface area contributed by atoms with Gasteiger partial charge in [-0.05, 0) is 18.2 Å². The van der Waals surface area contributed by atoms with E-state index >= 15 is 0 Å². The third kappa shape index (κ3) is 6.47. The van der Waals surface area contributed by atoms with E-state index in [-0.39, 0.29) is 11.9 Å². The Morgan fingerprint density at radius 3 is 2.73 bits per heavy atom. The van der Waals surface area contributed by atoms with Gasteiger partial charge in [-0.1, -0.05) is 23.9 Å². The van der Waals surface area contributed by atoms with E-state index < -0.39 is 0 Å². The molecule has 2 aliphatic heterocycles. The zero-order valence-electron chi connectivity index (χ0n) is 22.4. The zero-order valence-corrected chi connectivity index (χ0v) is 23.2. The van der Waals surface area contributed by atoms with Crippen LogP contribution in [0.2, 0.25) is 0 Å². The van der Waals surface area contributed by atoms with Gasteiger partial charge in [-0.3, -0.25) is 10.1 Å². The number of aromatic amines is 1. The molecule has 6 rings (SSSR count). The second-order valence-corrected chi connectivity index (χ2v) is 10.9. The van der Waals surface area contributed by atoms with E-state index in [0.29, 0.717) is 43.6 Å². The van der Waals surface area contributed by atoms with Gasteiger partial charge < -0.3 is 24.8 Å². The highest BCUT2D eigenvalue weighted by Crippen LogP contribution is 2.29. The number of H-pyrrole nitrogens is 1. The first kappa shape index (κ1) is 27.1. The number of aliphatic imine (C=N–C) groups is 1. The van der Waals surface area contributed by atoms with E-state index in [4.69, 9.17) is 10.1 Å². The highest BCUT2D eigenvalue weighted by molar-refractivity contribution is 7.99. The molecule has 41 heavy (non-hydrogen) atoms. The molecular formula is C28H31FN10OS. The molecule has 0 amide bonds. The van der Waals surface area contributed by atoms with Gasteiger partial charge >= 0.3 is 0 Å². The van der Waals surface area contributed by atoms with Crippen LogP contribution in [0.15, 0.2) is 76.1 Å². The molecule has 212 valence electrons. The number of hydrogen-bond donors (Lipinski definition) is 3. The minimum absolute atomic E-state index is 0.115. The van der Waals surface area contributed by atoms with Crippen LogP contribution in [0.3, 0.4) is 0 Å². The molecule has 2 saturated heterocycles. The number of benzene rings is 1. The lowest BCUT2D eigenvalue weighted by Crippen LogP contribution is -2.49. The quantitative estimate of drug-likeness (QED) is 0.217. The molecule has 11 nitrogen and oxygen atoms in total. The smallest absolute Gasteiger partial charge is 0.225 e. The fraction of sp³-hybridized carbons (Fsp3) is 0.321. The Kier molecular flexibility index (Phi) is 8.35. The van der Waals surface area contributed by atoms with E-state index in [9.17, 15) is 4.39 Å². The third-order valence-electron chi connectivity index (χ3n) is 7.01. The van der Waals surface area contributed by atoms with Gasteiger partial charge in [0.25, 0.3) is 0 Å². The molecule has 0 saturated carbocycles. The lowest BCUT2D eigenvalue weighted by molar-refractivity contribution is 0.0161. The number of ether oxygens (including phenoxy) is 1. The zero-order chi connectivity index (χ0) is 28.0. The van der Waals surface area contributed by atoms with Crippen molar-refractivity contribution in [1.82, 2.24) is 34.9 Å². The molecule has 2 fully saturated rings. The molecule has 0 radical (unpaired) electrons. The van der Waals surface area contributed by atoms with Crippen LogP contribution in [0.25, 0.3) is 11.1 Å². The van der Waals surface area contributed by atoms with Crippen LogP contribution in [0, 0.1) is 11.2 Å². The van der Waals surface area contributed by atoms with Gasteiger partial charge in [0, 0.05) is 85.0 Å². The van der Waals surface area contributed by atoms with Crippen LogP contribution in [0.5, 0.6) is 0 Å². The molecule has 0 spiro atoms. The summed E-state index contributed by atoms with van der Waals surface area (Å²) in [4.78, 5) is 22.4. The molecule has 0 bridgehead atoms. The number of nitrogens with one attached hydrogen (secondary N) is 3. The highest BCUT2D eigenvalue weighted by Gasteiger charge is 2.24. The molecular weight excluding hydrogens is 543 g/mol. The maximum absolute atomic E-state index is 14.0. The van der Waals surface area contributed by atoms with E-state index in [1.807, 2.05) is 35.4 Å². The molecule has 1 aromatic carbocycles. The van der Waals surface area contributed by atoms with Crippen LogP contribution in [0.4, 0.5) is 10.3 Å². The Balaban J connectivity index is 1.07. The summed E-state index contributed by atoms with van der Waals surface area (Å²) >= 11 is 1.31. The largest absolute Gasteiger partial charge is 0.374 e. The molecule has 0 aliphatic carbocycles. The standard InChI is InChI=1S/C28H31FN10OS/c29-24-3-1-2-4-26(24)41-23-15-33-28(34-16-23)38-8-6-37(7-9-38)27(35-19-30)25-11-20(12-32-25)21-13-36-39(17-21)18-22-14-31-5-10-40-22/h1-4,11-13,15-17,19,22,30-32H,5-10,14,18H2/b30-19?,35-27+/t22-/m0/s1. The summed E-state index contributed by atoms with van der Waals surface area (Å²) < 4.78 is 21.7. The fourth-order valence-corrected chi connectivity index (χ4v) is 5.71. The molecule has 13 heteroatoms. The van der Waals surface area contributed by atoms with E-state index in [1.54, 1.807) is 24.5 Å². The molecule has 3 N–H and O–H groups in total. The summed E-state index contributed by atoms with van der Waals surface area (Å²) in [5.41, 5.74) is 2.85. The van der Waals surface area contributed by atoms with Gasteiger partial charge in [-0.15, -0.1) is 0 Å². The normalized spacial score (nSPS) is 18.1. The summed E-state index contributed by atoms with van der Waals surface area (Å²) in [6.45, 7) is 5.94. The maximum atomic E-state index is 14.0. The minimum Gasteiger partial charge on any atom is -0.374 e. The van der Waals surface area contributed by atoms with Crippen LogP contribution in [-0.4, -0.2) is 93.8 Å². The number of amidine groups is 1. The summed E-state index contributed by atoms with van der Waals surface area (Å²) in [7, 11) is 0. The van der Waals surface area contributed by atoms with E-state index in [1.165, 1.54) is 17.8 Å². The first-order valence-corrected chi connectivity index (χ1v) is 14.3. The lowest BCUT2D eigenvalue weighted by atomic mass is 10.2. The van der Waals surface area contributed by atoms with E-state index in [2.05, 4.69) is 40.2 Å². The second-order valence-electron chi connectivity index (χ2n) is 9.76. The maximum Gasteiger partial charge on any atom is 0.225 e. The van der Waals surface area contributed by atoms with Gasteiger partial charge in [-0.25, -0.2) is 19.4 Å². The Morgan fingerprint density at radius 1 is 1.15 bits per heavy atom. The molecule has 2 aliphatic rings. The number of aromatic nitrogens is 5. The molecule has 3 aromatic heterocycles. The summed E-state index contributed by atoms with van der Waals surface area (Å²) in [5.74, 6) is 1.10. The number of halogens is 1. The molecule has 1 atom stereocenters. The average Bonchev–Trinajstić information content (AvgIpc) is 3.68. The Labute approximate surface area is 241 Å². The molecule has 4 aromatic rings. The predicted molar refractivity (Wildman–Crippen MR) is 156 cm³/mol. The van der Waals surface area contributed by atoms with Crippen molar-refractivity contribution in [2.24, 2.45) is 4.99 Å². The third-order valence-corrected chi connectivity index (χ3v) is 8.01. The predicted octanol–water partition coefficient (Wildman–Crippen LogP) is 3.12. The second kappa shape index (κ2) is 12.6. The van der Waals surface area contributed by atoms with Gasteiger partial charge in [0.15, 0.2) is 5.84 Å². The molecule has 5 heterocycles. The average molecular weight is 575 g/mol. The van der Waals surface area contributed by atoms with Crippen molar-refractivity contribution < 1.29 is 9.13 Å². The van der Waals surface area contributed by atoms with Crippen LogP contribution in [0.1, 0.15) is 5.69 Å². The Hall–Kier alpha value is -4.07. The van der Waals surface area contributed by atoms with Gasteiger partial charge in [-0.2, -0.15) is 5.10 Å². The number of piperazine rings is 1. The number of anilines is 1. The van der Waals surface area contributed by atoms with Crippen molar-refractivity contribution >= 4 is 29.9 Å².